The second-order valence-corrected chi connectivity index (χ2v) is 7.57. The van der Waals surface area contributed by atoms with Crippen molar-refractivity contribution in [2.24, 2.45) is 4.99 Å². The third-order valence-corrected chi connectivity index (χ3v) is 5.48. The molecule has 2 heterocycles. The maximum absolute atomic E-state index is 13.9. The van der Waals surface area contributed by atoms with E-state index in [-0.39, 0.29) is 5.97 Å². The largest absolute Gasteiger partial charge is 0.383 e. The van der Waals surface area contributed by atoms with Gasteiger partial charge in [-0.15, -0.1) is 0 Å². The van der Waals surface area contributed by atoms with Crippen molar-refractivity contribution in [2.75, 3.05) is 26.8 Å². The van der Waals surface area contributed by atoms with Gasteiger partial charge in [0.2, 0.25) is 5.97 Å². The van der Waals surface area contributed by atoms with E-state index in [0.29, 0.717) is 24.6 Å². The highest BCUT2D eigenvalue weighted by atomic mass is 19.1. The summed E-state index contributed by atoms with van der Waals surface area (Å²) in [4.78, 5) is 8.36. The van der Waals surface area contributed by atoms with Crippen molar-refractivity contribution < 1.29 is 9.13 Å². The molecule has 0 fully saturated rings. The number of benzene rings is 2. The van der Waals surface area contributed by atoms with Crippen LogP contribution in [0, 0.1) is 0 Å². The molecular weight excluding hydrogens is 377 g/mol. The van der Waals surface area contributed by atoms with Crippen LogP contribution in [-0.4, -0.2) is 37.8 Å². The normalized spacial score (nSPS) is 13.7. The molecule has 3 aromatic rings. The van der Waals surface area contributed by atoms with Gasteiger partial charge in [0, 0.05) is 49.6 Å². The van der Waals surface area contributed by atoms with E-state index in [1.807, 2.05) is 36.7 Å². The fraction of sp³-hybridized carbons (Fsp3) is 0.280. The summed E-state index contributed by atoms with van der Waals surface area (Å²) in [5.41, 5.74) is 5.95. The lowest BCUT2D eigenvalue weighted by atomic mass is 9.91. The highest BCUT2D eigenvalue weighted by molar-refractivity contribution is 5.98. The van der Waals surface area contributed by atoms with E-state index >= 15 is 0 Å². The summed E-state index contributed by atoms with van der Waals surface area (Å²) in [5.74, 6) is -0.0491. The Kier molecular flexibility index (Phi) is 6.62. The third-order valence-electron chi connectivity index (χ3n) is 5.48. The van der Waals surface area contributed by atoms with Crippen LogP contribution >= 0.6 is 0 Å². The number of hydrogen-bond donors (Lipinski definition) is 1. The van der Waals surface area contributed by atoms with Crippen molar-refractivity contribution >= 4 is 5.97 Å². The highest BCUT2D eigenvalue weighted by Crippen LogP contribution is 2.28. The number of nitrogens with one attached hydrogen (secondary N) is 1. The van der Waals surface area contributed by atoms with E-state index in [1.165, 1.54) is 5.56 Å². The Morgan fingerprint density at radius 2 is 1.93 bits per heavy atom. The molecule has 0 aliphatic carbocycles. The third kappa shape index (κ3) is 4.81. The van der Waals surface area contributed by atoms with Crippen LogP contribution in [0.5, 0.6) is 0 Å². The first-order valence-corrected chi connectivity index (χ1v) is 10.3. The molecule has 2 aromatic carbocycles. The maximum atomic E-state index is 13.9. The summed E-state index contributed by atoms with van der Waals surface area (Å²) in [6.07, 6.45) is 4.62. The summed E-state index contributed by atoms with van der Waals surface area (Å²) in [7, 11) is 1.71. The number of aromatic nitrogens is 1. The Bertz CT molecular complexity index is 1020. The zero-order valence-corrected chi connectivity index (χ0v) is 17.1. The fourth-order valence-corrected chi connectivity index (χ4v) is 3.85. The smallest absolute Gasteiger partial charge is 0.216 e. The van der Waals surface area contributed by atoms with Crippen LogP contribution in [0.1, 0.15) is 28.2 Å². The van der Waals surface area contributed by atoms with Gasteiger partial charge in [-0.2, -0.15) is 4.39 Å². The number of halogens is 1. The molecule has 4 nitrogen and oxygen atoms in total. The zero-order valence-electron chi connectivity index (χ0n) is 17.1. The lowest BCUT2D eigenvalue weighted by Gasteiger charge is -2.19. The number of hydrogen-bond acceptors (Lipinski definition) is 4. The van der Waals surface area contributed by atoms with Crippen LogP contribution in [0.25, 0.3) is 11.1 Å². The van der Waals surface area contributed by atoms with Gasteiger partial charge in [-0.25, -0.2) is 0 Å². The molecule has 0 unspecified atom stereocenters. The topological polar surface area (TPSA) is 46.5 Å². The second-order valence-electron chi connectivity index (χ2n) is 7.57. The molecule has 5 heteroatoms. The van der Waals surface area contributed by atoms with Crippen molar-refractivity contribution in [3.63, 3.8) is 0 Å². The molecule has 0 amide bonds. The molecule has 0 spiro atoms. The predicted molar refractivity (Wildman–Crippen MR) is 119 cm³/mol. The minimum absolute atomic E-state index is 0.324. The van der Waals surface area contributed by atoms with E-state index in [9.17, 15) is 4.39 Å². The molecule has 1 N–H and O–H groups in total. The maximum Gasteiger partial charge on any atom is 0.216 e. The van der Waals surface area contributed by atoms with E-state index in [4.69, 9.17) is 4.74 Å². The molecule has 1 aliphatic rings. The Hall–Kier alpha value is -2.89. The first-order chi connectivity index (χ1) is 14.7. The summed E-state index contributed by atoms with van der Waals surface area (Å²) in [6, 6.07) is 18.5. The molecule has 0 saturated heterocycles. The van der Waals surface area contributed by atoms with Crippen molar-refractivity contribution in [3.05, 3.63) is 89.2 Å². The average molecular weight is 404 g/mol. The average Bonchev–Trinajstić information content (AvgIpc) is 3.17. The number of aliphatic imine (C=N–C) groups is 1. The summed E-state index contributed by atoms with van der Waals surface area (Å²) in [6.45, 7) is 2.80. The molecule has 1 aromatic heterocycles. The van der Waals surface area contributed by atoms with Crippen molar-refractivity contribution in [2.45, 2.75) is 18.9 Å². The number of pyridine rings is 1. The van der Waals surface area contributed by atoms with E-state index < -0.39 is 0 Å². The quantitative estimate of drug-likeness (QED) is 0.534. The molecule has 154 valence electrons. The van der Waals surface area contributed by atoms with Gasteiger partial charge in [-0.05, 0) is 40.8 Å². The lowest BCUT2D eigenvalue weighted by Crippen LogP contribution is -2.26. The van der Waals surface area contributed by atoms with E-state index in [2.05, 4.69) is 45.6 Å². The number of methoxy groups -OCH3 is 1. The van der Waals surface area contributed by atoms with Gasteiger partial charge in [-0.1, -0.05) is 42.5 Å². The molecule has 0 saturated carbocycles. The van der Waals surface area contributed by atoms with Crippen molar-refractivity contribution in [1.29, 1.82) is 0 Å². The lowest BCUT2D eigenvalue weighted by molar-refractivity contribution is 0.199. The number of nitrogens with zero attached hydrogens (tertiary/aromatic N) is 2. The predicted octanol–water partition coefficient (Wildman–Crippen LogP) is 4.54. The zero-order chi connectivity index (χ0) is 20.8. The van der Waals surface area contributed by atoms with Gasteiger partial charge in [0.05, 0.1) is 13.2 Å². The molecule has 1 aliphatic heterocycles. The van der Waals surface area contributed by atoms with Gasteiger partial charge in [0.25, 0.3) is 0 Å². The standard InChI is InChI=1S/C25H26FN3O/c1-30-10-9-27-15-22(19-5-3-2-4-6-19)11-18-12-23(16-28-14-18)20-7-8-21-17-29-25(26)24(21)13-20/h2-8,12-14,16,22,27H,9-11,15,17H2,1H3/t22-/m0/s1. The monoisotopic (exact) mass is 403 g/mol. The van der Waals surface area contributed by atoms with Gasteiger partial charge < -0.3 is 10.1 Å². The second kappa shape index (κ2) is 9.74. The molecule has 30 heavy (non-hydrogen) atoms. The van der Waals surface area contributed by atoms with Gasteiger partial charge in [0.15, 0.2) is 0 Å². The van der Waals surface area contributed by atoms with Crippen molar-refractivity contribution in [1.82, 2.24) is 10.3 Å². The molecule has 1 atom stereocenters. The fourth-order valence-electron chi connectivity index (χ4n) is 3.85. The number of fused-ring (bicyclic) bond motifs is 1. The molecule has 0 radical (unpaired) electrons. The first-order valence-electron chi connectivity index (χ1n) is 10.3. The van der Waals surface area contributed by atoms with E-state index in [0.717, 1.165) is 41.8 Å². The van der Waals surface area contributed by atoms with Gasteiger partial charge in [-0.3, -0.25) is 9.98 Å². The Balaban J connectivity index is 1.54. The summed E-state index contributed by atoms with van der Waals surface area (Å²) >= 11 is 0. The Morgan fingerprint density at radius 1 is 1.07 bits per heavy atom. The Labute approximate surface area is 176 Å². The number of rotatable bonds is 9. The summed E-state index contributed by atoms with van der Waals surface area (Å²) < 4.78 is 19.1. The molecule has 4 rings (SSSR count). The van der Waals surface area contributed by atoms with Crippen LogP contribution in [-0.2, 0) is 17.7 Å². The first kappa shape index (κ1) is 20.4. The van der Waals surface area contributed by atoms with Crippen LogP contribution in [0.2, 0.25) is 0 Å². The van der Waals surface area contributed by atoms with Crippen LogP contribution in [0.4, 0.5) is 4.39 Å². The molecule has 0 bridgehead atoms. The van der Waals surface area contributed by atoms with Crippen LogP contribution < -0.4 is 5.32 Å². The van der Waals surface area contributed by atoms with E-state index in [1.54, 1.807) is 7.11 Å². The minimum atomic E-state index is -0.373. The summed E-state index contributed by atoms with van der Waals surface area (Å²) in [5, 5.41) is 3.48. The number of ether oxygens (including phenoxy) is 1. The van der Waals surface area contributed by atoms with Crippen LogP contribution in [0.3, 0.4) is 0 Å². The Morgan fingerprint density at radius 3 is 2.77 bits per heavy atom. The minimum Gasteiger partial charge on any atom is -0.383 e. The van der Waals surface area contributed by atoms with Gasteiger partial charge >= 0.3 is 0 Å². The van der Waals surface area contributed by atoms with Gasteiger partial charge in [0.1, 0.15) is 0 Å². The van der Waals surface area contributed by atoms with Crippen LogP contribution in [0.15, 0.2) is 72.0 Å². The highest BCUT2D eigenvalue weighted by Gasteiger charge is 2.17. The SMILES string of the molecule is COCCNC[C@H](Cc1cncc(-c2ccc3c(c2)C(F)=NC3)c1)c1ccccc1. The molecular formula is C25H26FN3O. The van der Waals surface area contributed by atoms with Crippen molar-refractivity contribution in [3.8, 4) is 11.1 Å².